The molecule has 0 unspecified atom stereocenters. The lowest BCUT2D eigenvalue weighted by Gasteiger charge is -2.16. The molecular formula is C16H26BrNO3. The summed E-state index contributed by atoms with van der Waals surface area (Å²) in [4.78, 5) is 0. The molecule has 0 spiro atoms. The smallest absolute Gasteiger partial charge is 0.126 e. The van der Waals surface area contributed by atoms with Gasteiger partial charge in [0.25, 0.3) is 0 Å². The van der Waals surface area contributed by atoms with E-state index in [2.05, 4.69) is 54.2 Å². The largest absolute Gasteiger partial charge is 0.491 e. The van der Waals surface area contributed by atoms with Crippen molar-refractivity contribution in [3.63, 3.8) is 0 Å². The molecule has 0 saturated carbocycles. The quantitative estimate of drug-likeness (QED) is 0.650. The molecule has 5 heteroatoms. The van der Waals surface area contributed by atoms with Gasteiger partial charge in [-0.25, -0.2) is 0 Å². The summed E-state index contributed by atoms with van der Waals surface area (Å²) in [5.41, 5.74) is 2.29. The molecule has 0 bridgehead atoms. The number of nitrogens with one attached hydrogen (secondary N) is 1. The van der Waals surface area contributed by atoms with Crippen molar-refractivity contribution in [2.75, 3.05) is 33.5 Å². The molecular weight excluding hydrogens is 334 g/mol. The maximum absolute atomic E-state index is 5.91. The fourth-order valence-corrected chi connectivity index (χ4v) is 2.52. The molecule has 1 rings (SSSR count). The summed E-state index contributed by atoms with van der Waals surface area (Å²) in [6.45, 7) is 9.44. The molecule has 0 heterocycles. The van der Waals surface area contributed by atoms with Gasteiger partial charge in [0.15, 0.2) is 0 Å². The molecule has 21 heavy (non-hydrogen) atoms. The molecule has 1 aromatic rings. The molecule has 0 saturated heterocycles. The lowest BCUT2D eigenvalue weighted by molar-refractivity contribution is 0.0541. The molecule has 0 atom stereocenters. The summed E-state index contributed by atoms with van der Waals surface area (Å²) in [6.07, 6.45) is 0. The van der Waals surface area contributed by atoms with Crippen molar-refractivity contribution in [3.8, 4) is 5.75 Å². The van der Waals surface area contributed by atoms with Gasteiger partial charge in [0, 0.05) is 29.7 Å². The van der Waals surface area contributed by atoms with Gasteiger partial charge in [-0.2, -0.15) is 0 Å². The van der Waals surface area contributed by atoms with Gasteiger partial charge in [0.2, 0.25) is 0 Å². The van der Waals surface area contributed by atoms with E-state index in [4.69, 9.17) is 14.2 Å². The molecule has 0 aromatic heterocycles. The van der Waals surface area contributed by atoms with Gasteiger partial charge in [-0.1, -0.05) is 29.8 Å². The molecule has 0 fully saturated rings. The van der Waals surface area contributed by atoms with Gasteiger partial charge < -0.3 is 19.5 Å². The Bertz CT molecular complexity index is 424. The number of halogens is 1. The van der Waals surface area contributed by atoms with Crippen molar-refractivity contribution in [1.82, 2.24) is 5.32 Å². The normalized spacial score (nSPS) is 11.1. The van der Waals surface area contributed by atoms with Crippen LogP contribution in [0.1, 0.15) is 25.0 Å². The van der Waals surface area contributed by atoms with E-state index in [1.54, 1.807) is 7.11 Å². The van der Waals surface area contributed by atoms with Gasteiger partial charge in [0.1, 0.15) is 12.4 Å². The lowest BCUT2D eigenvalue weighted by atomic mass is 10.1. The third-order valence-electron chi connectivity index (χ3n) is 2.92. The molecule has 0 aliphatic heterocycles. The predicted octanol–water partition coefficient (Wildman–Crippen LogP) is 3.30. The lowest BCUT2D eigenvalue weighted by Crippen LogP contribution is -2.22. The minimum atomic E-state index is 0.439. The van der Waals surface area contributed by atoms with Crippen LogP contribution >= 0.6 is 15.9 Å². The Morgan fingerprint density at radius 3 is 2.52 bits per heavy atom. The fourth-order valence-electron chi connectivity index (χ4n) is 1.90. The van der Waals surface area contributed by atoms with Gasteiger partial charge in [-0.05, 0) is 24.6 Å². The number of ether oxygens (including phenoxy) is 3. The zero-order valence-electron chi connectivity index (χ0n) is 13.4. The Hall–Kier alpha value is -0.620. The van der Waals surface area contributed by atoms with Gasteiger partial charge in [-0.15, -0.1) is 0 Å². The van der Waals surface area contributed by atoms with Crippen molar-refractivity contribution in [3.05, 3.63) is 27.7 Å². The summed E-state index contributed by atoms with van der Waals surface area (Å²) in [7, 11) is 1.67. The Morgan fingerprint density at radius 1 is 1.14 bits per heavy atom. The van der Waals surface area contributed by atoms with Crippen LogP contribution in [0, 0.1) is 6.92 Å². The molecule has 0 radical (unpaired) electrons. The average molecular weight is 360 g/mol. The fraction of sp³-hybridized carbons (Fsp3) is 0.625. The molecule has 4 nitrogen and oxygen atoms in total. The Morgan fingerprint density at radius 2 is 1.86 bits per heavy atom. The Balaban J connectivity index is 2.57. The highest BCUT2D eigenvalue weighted by Gasteiger charge is 2.09. The van der Waals surface area contributed by atoms with Crippen molar-refractivity contribution in [2.45, 2.75) is 33.4 Å². The second kappa shape index (κ2) is 10.2. The first-order valence-corrected chi connectivity index (χ1v) is 8.05. The van der Waals surface area contributed by atoms with E-state index in [0.717, 1.165) is 27.9 Å². The number of rotatable bonds is 10. The minimum absolute atomic E-state index is 0.439. The van der Waals surface area contributed by atoms with Crippen LogP contribution in [0.3, 0.4) is 0 Å². The number of aryl methyl sites for hydroxylation is 1. The van der Waals surface area contributed by atoms with Gasteiger partial charge >= 0.3 is 0 Å². The summed E-state index contributed by atoms with van der Waals surface area (Å²) >= 11 is 3.54. The van der Waals surface area contributed by atoms with Crippen LogP contribution in [0.2, 0.25) is 0 Å². The maximum atomic E-state index is 5.91. The molecule has 1 aromatic carbocycles. The third-order valence-corrected chi connectivity index (χ3v) is 3.38. The predicted molar refractivity (Wildman–Crippen MR) is 89.0 cm³/mol. The molecule has 0 aliphatic rings. The first-order valence-electron chi connectivity index (χ1n) is 7.26. The molecule has 0 aliphatic carbocycles. The van der Waals surface area contributed by atoms with E-state index in [1.165, 1.54) is 0 Å². The average Bonchev–Trinajstić information content (AvgIpc) is 2.42. The summed E-state index contributed by atoms with van der Waals surface area (Å²) in [5, 5.41) is 3.43. The number of hydrogen-bond donors (Lipinski definition) is 1. The Labute approximate surface area is 136 Å². The van der Waals surface area contributed by atoms with Crippen LogP contribution in [0.5, 0.6) is 5.75 Å². The van der Waals surface area contributed by atoms with E-state index >= 15 is 0 Å². The first kappa shape index (κ1) is 18.4. The third kappa shape index (κ3) is 7.27. The van der Waals surface area contributed by atoms with E-state index in [-0.39, 0.29) is 0 Å². The van der Waals surface area contributed by atoms with Crippen LogP contribution in [0.4, 0.5) is 0 Å². The topological polar surface area (TPSA) is 39.7 Å². The van der Waals surface area contributed by atoms with E-state index in [0.29, 0.717) is 32.5 Å². The SMILES string of the molecule is COCCOCCOc1c(C)cc(Br)cc1CNC(C)C. The van der Waals surface area contributed by atoms with Crippen LogP contribution in [-0.2, 0) is 16.0 Å². The van der Waals surface area contributed by atoms with Crippen molar-refractivity contribution < 1.29 is 14.2 Å². The highest BCUT2D eigenvalue weighted by atomic mass is 79.9. The summed E-state index contributed by atoms with van der Waals surface area (Å²) in [6, 6.07) is 4.61. The van der Waals surface area contributed by atoms with Crippen molar-refractivity contribution in [2.24, 2.45) is 0 Å². The van der Waals surface area contributed by atoms with Gasteiger partial charge in [0.05, 0.1) is 19.8 Å². The van der Waals surface area contributed by atoms with Crippen molar-refractivity contribution >= 4 is 15.9 Å². The molecule has 120 valence electrons. The Kier molecular flexibility index (Phi) is 8.92. The van der Waals surface area contributed by atoms with E-state index in [1.807, 2.05) is 0 Å². The standard InChI is InChI=1S/C16H26BrNO3/c1-12(2)18-11-14-10-15(17)9-13(3)16(14)21-8-7-20-6-5-19-4/h9-10,12,18H,5-8,11H2,1-4H3. The van der Waals surface area contributed by atoms with Crippen LogP contribution < -0.4 is 10.1 Å². The molecule has 1 N–H and O–H groups in total. The van der Waals surface area contributed by atoms with Gasteiger partial charge in [-0.3, -0.25) is 0 Å². The van der Waals surface area contributed by atoms with Crippen LogP contribution in [0.25, 0.3) is 0 Å². The second-order valence-electron chi connectivity index (χ2n) is 5.20. The monoisotopic (exact) mass is 359 g/mol. The molecule has 0 amide bonds. The number of methoxy groups -OCH3 is 1. The first-order chi connectivity index (χ1) is 10.0. The summed E-state index contributed by atoms with van der Waals surface area (Å²) < 4.78 is 17.3. The highest BCUT2D eigenvalue weighted by molar-refractivity contribution is 9.10. The van der Waals surface area contributed by atoms with Crippen LogP contribution in [-0.4, -0.2) is 39.6 Å². The summed E-state index contributed by atoms with van der Waals surface area (Å²) in [5.74, 6) is 0.946. The van der Waals surface area contributed by atoms with Crippen molar-refractivity contribution in [1.29, 1.82) is 0 Å². The van der Waals surface area contributed by atoms with E-state index < -0.39 is 0 Å². The zero-order chi connectivity index (χ0) is 15.7. The minimum Gasteiger partial charge on any atom is -0.491 e. The van der Waals surface area contributed by atoms with E-state index in [9.17, 15) is 0 Å². The zero-order valence-corrected chi connectivity index (χ0v) is 15.0. The maximum Gasteiger partial charge on any atom is 0.126 e. The second-order valence-corrected chi connectivity index (χ2v) is 6.12. The number of benzene rings is 1. The van der Waals surface area contributed by atoms with Crippen LogP contribution in [0.15, 0.2) is 16.6 Å². The highest BCUT2D eigenvalue weighted by Crippen LogP contribution is 2.28. The number of hydrogen-bond acceptors (Lipinski definition) is 4.